The summed E-state index contributed by atoms with van der Waals surface area (Å²) in [5.74, 6) is 0.424. The minimum Gasteiger partial charge on any atom is -0.301 e. The fraction of sp³-hybridized carbons (Fsp3) is 0.217. The van der Waals surface area contributed by atoms with Gasteiger partial charge in [-0.1, -0.05) is 30.3 Å². The van der Waals surface area contributed by atoms with E-state index in [1.807, 2.05) is 18.3 Å². The third-order valence-electron chi connectivity index (χ3n) is 5.40. The van der Waals surface area contributed by atoms with Crippen LogP contribution in [-0.4, -0.2) is 28.5 Å². The van der Waals surface area contributed by atoms with Crippen LogP contribution in [0.3, 0.4) is 0 Å². The minimum absolute atomic E-state index is 0.424. The van der Waals surface area contributed by atoms with E-state index in [1.54, 1.807) is 12.4 Å². The Kier molecular flexibility index (Phi) is 4.03. The number of rotatable bonds is 2. The van der Waals surface area contributed by atoms with Gasteiger partial charge in [-0.25, -0.2) is 0 Å². The lowest BCUT2D eigenvalue weighted by Gasteiger charge is -2.32. The summed E-state index contributed by atoms with van der Waals surface area (Å²) in [6.07, 6.45) is 3.52. The average Bonchev–Trinajstić information content (AvgIpc) is 3.11. The summed E-state index contributed by atoms with van der Waals surface area (Å²) in [7, 11) is 2.21. The van der Waals surface area contributed by atoms with Gasteiger partial charge in [-0.05, 0) is 48.7 Å². The van der Waals surface area contributed by atoms with Gasteiger partial charge in [-0.3, -0.25) is 9.97 Å². The van der Waals surface area contributed by atoms with Crippen molar-refractivity contribution in [2.45, 2.75) is 19.4 Å². The Hall–Kier alpha value is -2.56. The van der Waals surface area contributed by atoms with Gasteiger partial charge < -0.3 is 4.90 Å². The van der Waals surface area contributed by atoms with Crippen molar-refractivity contribution in [3.63, 3.8) is 0 Å². The van der Waals surface area contributed by atoms with Crippen molar-refractivity contribution in [2.24, 2.45) is 0 Å². The highest BCUT2D eigenvalue weighted by Gasteiger charge is 2.26. The number of benzene rings is 2. The third kappa shape index (κ3) is 2.95. The first-order valence-corrected chi connectivity index (χ1v) is 10.1. The summed E-state index contributed by atoms with van der Waals surface area (Å²) in [5.41, 5.74) is 5.96. The molecule has 4 aromatic rings. The van der Waals surface area contributed by atoms with E-state index in [4.69, 9.17) is 0 Å². The predicted octanol–water partition coefficient (Wildman–Crippen LogP) is 5.24. The zero-order chi connectivity index (χ0) is 18.4. The fourth-order valence-electron chi connectivity index (χ4n) is 4.10. The van der Waals surface area contributed by atoms with E-state index < -0.39 is 0 Å². The maximum atomic E-state index is 4.55. The van der Waals surface area contributed by atoms with Gasteiger partial charge in [-0.2, -0.15) is 0 Å². The molecule has 1 atom stereocenters. The Morgan fingerprint density at radius 3 is 2.74 bits per heavy atom. The Balaban J connectivity index is 1.60. The molecule has 3 nitrogen and oxygen atoms in total. The summed E-state index contributed by atoms with van der Waals surface area (Å²) in [6.45, 7) is 4.06. The number of fused-ring (bicyclic) bond motifs is 2. The highest BCUT2D eigenvalue weighted by molar-refractivity contribution is 7.19. The molecule has 0 spiro atoms. The van der Waals surface area contributed by atoms with Crippen LogP contribution < -0.4 is 0 Å². The van der Waals surface area contributed by atoms with Crippen LogP contribution in [0.4, 0.5) is 0 Å². The lowest BCUT2D eigenvalue weighted by molar-refractivity contribution is 0.296. The molecule has 0 bridgehead atoms. The second-order valence-electron chi connectivity index (χ2n) is 7.34. The molecule has 27 heavy (non-hydrogen) atoms. The first-order valence-electron chi connectivity index (χ1n) is 9.27. The van der Waals surface area contributed by atoms with Crippen LogP contribution in [0, 0.1) is 6.92 Å². The Morgan fingerprint density at radius 1 is 1.04 bits per heavy atom. The Morgan fingerprint density at radius 2 is 1.89 bits per heavy atom. The van der Waals surface area contributed by atoms with E-state index in [2.05, 4.69) is 70.4 Å². The van der Waals surface area contributed by atoms with E-state index in [1.165, 1.54) is 26.1 Å². The second kappa shape index (κ2) is 6.55. The molecule has 1 aliphatic rings. The topological polar surface area (TPSA) is 29.0 Å². The van der Waals surface area contributed by atoms with Gasteiger partial charge in [-0.15, -0.1) is 11.3 Å². The Labute approximate surface area is 163 Å². The van der Waals surface area contributed by atoms with Crippen molar-refractivity contribution in [3.8, 4) is 11.3 Å². The van der Waals surface area contributed by atoms with Crippen molar-refractivity contribution in [1.29, 1.82) is 0 Å². The summed E-state index contributed by atoms with van der Waals surface area (Å²) in [6, 6.07) is 17.9. The standard InChI is InChI=1S/C23H21N3S/c1-15-23(25-10-9-24-15)17-7-8-19-18(11-17)13-26(2)14-20(19)22-12-16-5-3-4-6-21(16)27-22/h3-12,20H,13-14H2,1-2H3. The molecular formula is C23H21N3S. The predicted molar refractivity (Wildman–Crippen MR) is 112 cm³/mol. The molecule has 2 aromatic carbocycles. The molecule has 0 saturated heterocycles. The third-order valence-corrected chi connectivity index (χ3v) is 6.63. The van der Waals surface area contributed by atoms with Crippen molar-refractivity contribution in [1.82, 2.24) is 14.9 Å². The van der Waals surface area contributed by atoms with Crippen LogP contribution >= 0.6 is 11.3 Å². The van der Waals surface area contributed by atoms with E-state index in [0.717, 1.165) is 30.0 Å². The maximum absolute atomic E-state index is 4.55. The average molecular weight is 372 g/mol. The molecule has 0 saturated carbocycles. The number of aryl methyl sites for hydroxylation is 1. The molecule has 4 heteroatoms. The molecule has 134 valence electrons. The largest absolute Gasteiger partial charge is 0.301 e. The van der Waals surface area contributed by atoms with Gasteiger partial charge >= 0.3 is 0 Å². The molecule has 2 aromatic heterocycles. The molecule has 3 heterocycles. The van der Waals surface area contributed by atoms with E-state index in [-0.39, 0.29) is 0 Å². The first kappa shape index (κ1) is 16.6. The monoisotopic (exact) mass is 371 g/mol. The highest BCUT2D eigenvalue weighted by atomic mass is 32.1. The molecule has 0 fully saturated rings. The van der Waals surface area contributed by atoms with Crippen molar-refractivity contribution >= 4 is 21.4 Å². The summed E-state index contributed by atoms with van der Waals surface area (Å²) < 4.78 is 1.37. The van der Waals surface area contributed by atoms with E-state index in [9.17, 15) is 0 Å². The molecule has 1 aliphatic heterocycles. The van der Waals surface area contributed by atoms with Gasteiger partial charge in [0.1, 0.15) is 0 Å². The lowest BCUT2D eigenvalue weighted by Crippen LogP contribution is -2.30. The van der Waals surface area contributed by atoms with Crippen LogP contribution in [0.25, 0.3) is 21.3 Å². The molecule has 0 amide bonds. The van der Waals surface area contributed by atoms with Crippen molar-refractivity contribution in [3.05, 3.63) is 82.6 Å². The van der Waals surface area contributed by atoms with Crippen molar-refractivity contribution in [2.75, 3.05) is 13.6 Å². The fourth-order valence-corrected chi connectivity index (χ4v) is 5.28. The zero-order valence-electron chi connectivity index (χ0n) is 15.5. The number of aromatic nitrogens is 2. The van der Waals surface area contributed by atoms with Gasteiger partial charge in [0.25, 0.3) is 0 Å². The van der Waals surface area contributed by atoms with E-state index >= 15 is 0 Å². The SMILES string of the molecule is Cc1nccnc1-c1ccc2c(c1)CN(C)CC2c1cc2ccccc2s1. The number of likely N-dealkylation sites (N-methyl/N-ethyl adjacent to an activating group) is 1. The molecule has 1 unspecified atom stereocenters. The molecule has 0 radical (unpaired) electrons. The van der Waals surface area contributed by atoms with Crippen molar-refractivity contribution < 1.29 is 0 Å². The first-order chi connectivity index (χ1) is 13.2. The van der Waals surface area contributed by atoms with Gasteiger partial charge in [0, 0.05) is 46.5 Å². The number of nitrogens with zero attached hydrogens (tertiary/aromatic N) is 3. The lowest BCUT2D eigenvalue weighted by atomic mass is 9.87. The molecular weight excluding hydrogens is 350 g/mol. The summed E-state index contributed by atoms with van der Waals surface area (Å²) in [4.78, 5) is 12.8. The normalized spacial score (nSPS) is 17.2. The summed E-state index contributed by atoms with van der Waals surface area (Å²) >= 11 is 1.92. The zero-order valence-corrected chi connectivity index (χ0v) is 16.3. The van der Waals surface area contributed by atoms with Crippen LogP contribution in [0.2, 0.25) is 0 Å². The van der Waals surface area contributed by atoms with Crippen LogP contribution in [0.1, 0.15) is 27.6 Å². The maximum Gasteiger partial charge on any atom is 0.0914 e. The highest BCUT2D eigenvalue weighted by Crippen LogP contribution is 2.39. The molecule has 0 N–H and O–H groups in total. The Bertz CT molecular complexity index is 1100. The smallest absolute Gasteiger partial charge is 0.0914 e. The van der Waals surface area contributed by atoms with Crippen LogP contribution in [0.5, 0.6) is 0 Å². The van der Waals surface area contributed by atoms with Gasteiger partial charge in [0.15, 0.2) is 0 Å². The van der Waals surface area contributed by atoms with Crippen LogP contribution in [-0.2, 0) is 6.54 Å². The number of thiophene rings is 1. The molecule has 0 aliphatic carbocycles. The van der Waals surface area contributed by atoms with E-state index in [0.29, 0.717) is 5.92 Å². The number of hydrogen-bond acceptors (Lipinski definition) is 4. The number of hydrogen-bond donors (Lipinski definition) is 0. The van der Waals surface area contributed by atoms with Crippen LogP contribution in [0.15, 0.2) is 60.9 Å². The summed E-state index contributed by atoms with van der Waals surface area (Å²) in [5, 5.41) is 1.35. The van der Waals surface area contributed by atoms with Gasteiger partial charge in [0.2, 0.25) is 0 Å². The minimum atomic E-state index is 0.424. The molecule has 5 rings (SSSR count). The second-order valence-corrected chi connectivity index (χ2v) is 8.46. The van der Waals surface area contributed by atoms with Gasteiger partial charge in [0.05, 0.1) is 11.4 Å². The quantitative estimate of drug-likeness (QED) is 0.482.